The van der Waals surface area contributed by atoms with Gasteiger partial charge in [-0.25, -0.2) is 8.42 Å². The molecular weight excluding hydrogens is 692 g/mol. The van der Waals surface area contributed by atoms with E-state index < -0.39 is 15.9 Å². The van der Waals surface area contributed by atoms with Crippen LogP contribution in [-0.4, -0.2) is 88.8 Å². The molecule has 1 aliphatic heterocycles. The highest BCUT2D eigenvalue weighted by molar-refractivity contribution is 7.91. The van der Waals surface area contributed by atoms with Crippen LogP contribution in [0, 0.1) is 18.8 Å². The molecule has 0 spiro atoms. The molecule has 1 aromatic heterocycles. The quantitative estimate of drug-likeness (QED) is 0.189. The summed E-state index contributed by atoms with van der Waals surface area (Å²) in [5, 5.41) is 20.0. The number of hydrogen-bond acceptors (Lipinski definition) is 9. The Bertz CT molecular complexity index is 1920. The van der Waals surface area contributed by atoms with Gasteiger partial charge in [-0.05, 0) is 109 Å². The zero-order valence-electron chi connectivity index (χ0n) is 28.4. The molecule has 0 bridgehead atoms. The Labute approximate surface area is 303 Å². The van der Waals surface area contributed by atoms with Gasteiger partial charge in [0.15, 0.2) is 9.84 Å². The van der Waals surface area contributed by atoms with Crippen molar-refractivity contribution in [2.45, 2.75) is 45.1 Å². The normalized spacial score (nSPS) is 19.0. The smallest absolute Gasteiger partial charge is 0.253 e. The first-order valence-corrected chi connectivity index (χ1v) is 18.8. The minimum Gasteiger partial charge on any atom is -0.344 e. The number of nitrogens with zero attached hydrogens (tertiary/aromatic N) is 4. The van der Waals surface area contributed by atoms with E-state index >= 15 is 0 Å². The van der Waals surface area contributed by atoms with E-state index in [2.05, 4.69) is 31.3 Å². The maximum absolute atomic E-state index is 13.7. The van der Waals surface area contributed by atoms with Crippen LogP contribution in [0.3, 0.4) is 0 Å². The fraction of sp³-hybridized carbons (Fsp3) is 0.389. The molecule has 3 amide bonds. The number of amides is 3. The number of aromatic nitrogens is 4. The SMILES string of the molecule is Cc1cc(C(=O)N2CCS(=O)(=O)CC2)ccc1-c1ccc(C[C@H](NC(=O)C2CCC(CN)CC2)C(=O)Nc2ccc(-c3nn[nH]n3)cc2)cc1.Cl. The van der Waals surface area contributed by atoms with Gasteiger partial charge in [-0.3, -0.25) is 14.4 Å². The molecule has 2 heterocycles. The van der Waals surface area contributed by atoms with Crippen molar-refractivity contribution in [3.05, 3.63) is 83.4 Å². The first-order valence-electron chi connectivity index (χ1n) is 16.9. The second kappa shape index (κ2) is 16.6. The van der Waals surface area contributed by atoms with Crippen LogP contribution in [0.1, 0.15) is 47.2 Å². The Balaban J connectivity index is 0.00000504. The molecule has 15 heteroatoms. The second-order valence-electron chi connectivity index (χ2n) is 13.2. The van der Waals surface area contributed by atoms with Gasteiger partial charge in [0.2, 0.25) is 17.6 Å². The highest BCUT2D eigenvalue weighted by Crippen LogP contribution is 2.29. The van der Waals surface area contributed by atoms with Crippen molar-refractivity contribution in [3.63, 3.8) is 0 Å². The number of H-pyrrole nitrogens is 1. The van der Waals surface area contributed by atoms with Crippen molar-refractivity contribution in [2.75, 3.05) is 36.5 Å². The van der Waals surface area contributed by atoms with Crippen molar-refractivity contribution in [2.24, 2.45) is 17.6 Å². The molecule has 0 radical (unpaired) electrons. The van der Waals surface area contributed by atoms with Gasteiger partial charge in [0, 0.05) is 42.2 Å². The van der Waals surface area contributed by atoms with Crippen molar-refractivity contribution < 1.29 is 22.8 Å². The molecule has 51 heavy (non-hydrogen) atoms. The number of nitrogens with one attached hydrogen (secondary N) is 3. The van der Waals surface area contributed by atoms with Crippen molar-refractivity contribution in [1.82, 2.24) is 30.8 Å². The molecule has 0 unspecified atom stereocenters. The van der Waals surface area contributed by atoms with E-state index in [1.54, 1.807) is 35.2 Å². The number of rotatable bonds is 10. The molecule has 6 rings (SSSR count). The number of anilines is 1. The van der Waals surface area contributed by atoms with Gasteiger partial charge in [0.25, 0.3) is 5.91 Å². The molecule has 5 N–H and O–H groups in total. The van der Waals surface area contributed by atoms with Crippen LogP contribution >= 0.6 is 12.4 Å². The lowest BCUT2D eigenvalue weighted by atomic mass is 9.81. The highest BCUT2D eigenvalue weighted by atomic mass is 35.5. The summed E-state index contributed by atoms with van der Waals surface area (Å²) in [5.74, 6) is 0.0614. The molecular formula is C36H43ClN8O5S. The lowest BCUT2D eigenvalue weighted by molar-refractivity contribution is -0.130. The van der Waals surface area contributed by atoms with Crippen molar-refractivity contribution in [3.8, 4) is 22.5 Å². The lowest BCUT2D eigenvalue weighted by Crippen LogP contribution is -2.48. The fourth-order valence-corrected chi connectivity index (χ4v) is 7.85. The molecule has 13 nitrogen and oxygen atoms in total. The topological polar surface area (TPSA) is 193 Å². The van der Waals surface area contributed by atoms with Gasteiger partial charge in [0.1, 0.15) is 6.04 Å². The number of nitrogens with two attached hydrogens (primary N) is 1. The molecule has 3 aromatic carbocycles. The average molecular weight is 735 g/mol. The summed E-state index contributed by atoms with van der Waals surface area (Å²) in [6.07, 6.45) is 3.58. The summed E-state index contributed by atoms with van der Waals surface area (Å²) in [4.78, 5) is 41.7. The standard InChI is InChI=1S/C36H42N8O5S.ClH/c1-23-20-29(36(47)44-16-18-50(48,49)19-17-44)12-15-31(23)26-6-2-24(3-7-26)21-32(39-34(45)28-8-4-25(22-37)5-9-28)35(46)38-30-13-10-27(11-14-30)33-40-42-43-41-33;/h2-3,6-7,10-15,20,25,28,32H,4-5,8-9,16-19,21-22,37H2,1H3,(H,38,46)(H,39,45)(H,40,41,42,43);1H/t25?,28?,32-;/m0./s1. The lowest BCUT2D eigenvalue weighted by Gasteiger charge is -2.28. The molecule has 270 valence electrons. The number of aryl methyl sites for hydroxylation is 1. The first-order chi connectivity index (χ1) is 24.1. The molecule has 2 fully saturated rings. The molecule has 4 aromatic rings. The number of carbonyl (C=O) groups is 3. The third kappa shape index (κ3) is 9.37. The number of sulfone groups is 1. The van der Waals surface area contributed by atoms with Gasteiger partial charge in [-0.2, -0.15) is 5.21 Å². The fourth-order valence-electron chi connectivity index (χ4n) is 6.65. The van der Waals surface area contributed by atoms with Crippen LogP contribution in [0.25, 0.3) is 22.5 Å². The van der Waals surface area contributed by atoms with Crippen molar-refractivity contribution in [1.29, 1.82) is 0 Å². The zero-order chi connectivity index (χ0) is 35.3. The van der Waals surface area contributed by atoms with Crippen LogP contribution in [0.15, 0.2) is 66.7 Å². The minimum absolute atomic E-state index is 0. The molecule has 1 aliphatic carbocycles. The summed E-state index contributed by atoms with van der Waals surface area (Å²) < 4.78 is 23.6. The summed E-state index contributed by atoms with van der Waals surface area (Å²) in [5.41, 5.74) is 11.4. The van der Waals surface area contributed by atoms with Crippen LogP contribution in [0.2, 0.25) is 0 Å². The summed E-state index contributed by atoms with van der Waals surface area (Å²) >= 11 is 0. The van der Waals surface area contributed by atoms with Crippen LogP contribution in [0.4, 0.5) is 5.69 Å². The van der Waals surface area contributed by atoms with E-state index in [1.807, 2.05) is 43.3 Å². The first kappa shape index (κ1) is 37.6. The minimum atomic E-state index is -3.08. The summed E-state index contributed by atoms with van der Waals surface area (Å²) in [7, 11) is -3.08. The third-order valence-electron chi connectivity index (χ3n) is 9.75. The molecule has 1 saturated heterocycles. The number of halogens is 1. The predicted molar refractivity (Wildman–Crippen MR) is 197 cm³/mol. The Morgan fingerprint density at radius 2 is 1.61 bits per heavy atom. The summed E-state index contributed by atoms with van der Waals surface area (Å²) in [6.45, 7) is 2.96. The van der Waals surface area contributed by atoms with Crippen LogP contribution in [0.5, 0.6) is 0 Å². The van der Waals surface area contributed by atoms with E-state index in [9.17, 15) is 22.8 Å². The third-order valence-corrected chi connectivity index (χ3v) is 11.4. The monoisotopic (exact) mass is 734 g/mol. The highest BCUT2D eigenvalue weighted by Gasteiger charge is 2.30. The van der Waals surface area contributed by atoms with Crippen LogP contribution in [-0.2, 0) is 25.8 Å². The van der Waals surface area contributed by atoms with E-state index in [0.29, 0.717) is 29.5 Å². The van der Waals surface area contributed by atoms with Gasteiger partial charge >= 0.3 is 0 Å². The van der Waals surface area contributed by atoms with E-state index in [0.717, 1.165) is 53.5 Å². The maximum Gasteiger partial charge on any atom is 0.253 e. The van der Waals surface area contributed by atoms with Crippen molar-refractivity contribution >= 4 is 45.7 Å². The van der Waals surface area contributed by atoms with Gasteiger partial charge in [0.05, 0.1) is 11.5 Å². The second-order valence-corrected chi connectivity index (χ2v) is 15.5. The van der Waals surface area contributed by atoms with Gasteiger partial charge in [-0.1, -0.05) is 30.3 Å². The van der Waals surface area contributed by atoms with E-state index in [-0.39, 0.29) is 67.1 Å². The maximum atomic E-state index is 13.7. The Morgan fingerprint density at radius 1 is 0.941 bits per heavy atom. The van der Waals surface area contributed by atoms with E-state index in [4.69, 9.17) is 5.73 Å². The molecule has 1 atom stereocenters. The number of benzene rings is 3. The van der Waals surface area contributed by atoms with Crippen LogP contribution < -0.4 is 16.4 Å². The predicted octanol–water partition coefficient (Wildman–Crippen LogP) is 3.57. The Hall–Kier alpha value is -4.66. The number of aromatic amines is 1. The van der Waals surface area contributed by atoms with E-state index in [1.165, 1.54) is 0 Å². The number of carbonyl (C=O) groups excluding carboxylic acids is 3. The van der Waals surface area contributed by atoms with Gasteiger partial charge < -0.3 is 21.3 Å². The number of tetrazole rings is 1. The Morgan fingerprint density at radius 3 is 2.22 bits per heavy atom. The number of hydrogen-bond donors (Lipinski definition) is 4. The summed E-state index contributed by atoms with van der Waals surface area (Å²) in [6, 6.07) is 19.6. The van der Waals surface area contributed by atoms with Gasteiger partial charge in [-0.15, -0.1) is 22.6 Å². The molecule has 2 aliphatic rings. The molecule has 1 saturated carbocycles. The largest absolute Gasteiger partial charge is 0.344 e. The average Bonchev–Trinajstić information content (AvgIpc) is 3.67. The Kier molecular flexibility index (Phi) is 12.2. The zero-order valence-corrected chi connectivity index (χ0v) is 30.0.